The van der Waals surface area contributed by atoms with Crippen LogP contribution in [0.15, 0.2) is 41.3 Å². The van der Waals surface area contributed by atoms with Crippen molar-refractivity contribution in [1.29, 1.82) is 5.26 Å². The molecule has 0 unspecified atom stereocenters. The van der Waals surface area contributed by atoms with Crippen molar-refractivity contribution in [2.24, 2.45) is 0 Å². The zero-order chi connectivity index (χ0) is 15.6. The van der Waals surface area contributed by atoms with Gasteiger partial charge in [-0.05, 0) is 36.2 Å². The second-order valence-electron chi connectivity index (χ2n) is 4.68. The molecule has 0 saturated carbocycles. The number of hydrogen-bond donors (Lipinski definition) is 1. The Kier molecular flexibility index (Phi) is 4.07. The minimum absolute atomic E-state index is 0.00828. The molecule has 0 heterocycles. The van der Waals surface area contributed by atoms with Gasteiger partial charge in [0.15, 0.2) is 0 Å². The van der Waals surface area contributed by atoms with E-state index in [0.717, 1.165) is 11.6 Å². The standard InChI is InChI=1S/C15H12FNO3S/c1-10-2-5-15(21(18,19)20)13(6-10)8-12-4-3-11(9-17)7-14(12)16/h2-7H,8H2,1H3,(H,18,19,20). The molecule has 0 aliphatic heterocycles. The third kappa shape index (κ3) is 3.45. The Bertz CT molecular complexity index is 838. The summed E-state index contributed by atoms with van der Waals surface area (Å²) >= 11 is 0. The number of aryl methyl sites for hydroxylation is 1. The summed E-state index contributed by atoms with van der Waals surface area (Å²) in [5, 5.41) is 8.70. The molecule has 1 N–H and O–H groups in total. The van der Waals surface area contributed by atoms with Gasteiger partial charge in [-0.2, -0.15) is 13.7 Å². The van der Waals surface area contributed by atoms with Crippen LogP contribution >= 0.6 is 0 Å². The quantitative estimate of drug-likeness (QED) is 0.884. The lowest BCUT2D eigenvalue weighted by atomic mass is 10.0. The average Bonchev–Trinajstić information content (AvgIpc) is 2.39. The molecule has 0 aliphatic rings. The van der Waals surface area contributed by atoms with Gasteiger partial charge in [0.05, 0.1) is 16.5 Å². The number of benzene rings is 2. The molecule has 0 saturated heterocycles. The van der Waals surface area contributed by atoms with Crippen LogP contribution in [-0.2, 0) is 16.5 Å². The molecular weight excluding hydrogens is 293 g/mol. The van der Waals surface area contributed by atoms with E-state index in [9.17, 15) is 17.4 Å². The van der Waals surface area contributed by atoms with Crippen molar-refractivity contribution in [2.45, 2.75) is 18.2 Å². The molecule has 4 nitrogen and oxygen atoms in total. The third-order valence-electron chi connectivity index (χ3n) is 3.06. The van der Waals surface area contributed by atoms with Crippen molar-refractivity contribution < 1.29 is 17.4 Å². The normalized spacial score (nSPS) is 11.1. The topological polar surface area (TPSA) is 78.2 Å². The smallest absolute Gasteiger partial charge is 0.282 e. The Morgan fingerprint density at radius 3 is 2.48 bits per heavy atom. The summed E-state index contributed by atoms with van der Waals surface area (Å²) in [4.78, 5) is -0.239. The summed E-state index contributed by atoms with van der Waals surface area (Å²) in [5.74, 6) is -0.586. The molecule has 0 aromatic heterocycles. The SMILES string of the molecule is Cc1ccc(S(=O)(=O)O)c(Cc2ccc(C#N)cc2F)c1. The first kappa shape index (κ1) is 15.2. The molecule has 0 aliphatic carbocycles. The molecule has 2 rings (SSSR count). The van der Waals surface area contributed by atoms with Crippen molar-refractivity contribution >= 4 is 10.1 Å². The van der Waals surface area contributed by atoms with Crippen LogP contribution in [0, 0.1) is 24.1 Å². The molecule has 0 bridgehead atoms. The van der Waals surface area contributed by atoms with E-state index >= 15 is 0 Å². The minimum Gasteiger partial charge on any atom is -0.282 e. The largest absolute Gasteiger partial charge is 0.294 e. The van der Waals surface area contributed by atoms with Crippen LogP contribution < -0.4 is 0 Å². The van der Waals surface area contributed by atoms with Gasteiger partial charge in [0, 0.05) is 6.42 Å². The van der Waals surface area contributed by atoms with Gasteiger partial charge in [-0.1, -0.05) is 23.8 Å². The van der Waals surface area contributed by atoms with E-state index in [2.05, 4.69) is 0 Å². The molecule has 0 radical (unpaired) electrons. The van der Waals surface area contributed by atoms with E-state index in [1.807, 2.05) is 6.07 Å². The average molecular weight is 305 g/mol. The molecule has 2 aromatic carbocycles. The Labute approximate surface area is 122 Å². The van der Waals surface area contributed by atoms with Gasteiger partial charge in [-0.15, -0.1) is 0 Å². The summed E-state index contributed by atoms with van der Waals surface area (Å²) in [7, 11) is -4.37. The number of hydrogen-bond acceptors (Lipinski definition) is 3. The van der Waals surface area contributed by atoms with Crippen LogP contribution in [-0.4, -0.2) is 13.0 Å². The number of nitriles is 1. The van der Waals surface area contributed by atoms with E-state index in [1.165, 1.54) is 18.2 Å². The Balaban J connectivity index is 2.49. The monoisotopic (exact) mass is 305 g/mol. The summed E-state index contributed by atoms with van der Waals surface area (Å²) in [6.07, 6.45) is 0.00828. The predicted octanol–water partition coefficient (Wildman–Crippen LogP) is 2.84. The van der Waals surface area contributed by atoms with Crippen LogP contribution in [0.25, 0.3) is 0 Å². The van der Waals surface area contributed by atoms with Crippen LogP contribution in [0.1, 0.15) is 22.3 Å². The molecule has 21 heavy (non-hydrogen) atoms. The van der Waals surface area contributed by atoms with Gasteiger partial charge in [0.2, 0.25) is 0 Å². The van der Waals surface area contributed by atoms with Gasteiger partial charge >= 0.3 is 0 Å². The van der Waals surface area contributed by atoms with Crippen molar-refractivity contribution in [1.82, 2.24) is 0 Å². The molecule has 0 spiro atoms. The van der Waals surface area contributed by atoms with E-state index in [-0.39, 0.29) is 22.4 Å². The maximum atomic E-state index is 13.9. The van der Waals surface area contributed by atoms with Crippen molar-refractivity contribution in [3.05, 3.63) is 64.5 Å². The first-order valence-corrected chi connectivity index (χ1v) is 7.51. The third-order valence-corrected chi connectivity index (χ3v) is 4.01. The number of halogens is 1. The fourth-order valence-electron chi connectivity index (χ4n) is 2.06. The Hall–Kier alpha value is -2.23. The Morgan fingerprint density at radius 2 is 1.90 bits per heavy atom. The highest BCUT2D eigenvalue weighted by molar-refractivity contribution is 7.85. The second kappa shape index (κ2) is 5.64. The summed E-state index contributed by atoms with van der Waals surface area (Å²) < 4.78 is 45.8. The molecule has 0 amide bonds. The van der Waals surface area contributed by atoms with Crippen molar-refractivity contribution in [3.63, 3.8) is 0 Å². The maximum Gasteiger partial charge on any atom is 0.294 e. The van der Waals surface area contributed by atoms with E-state index < -0.39 is 15.9 Å². The van der Waals surface area contributed by atoms with Gasteiger partial charge in [0.1, 0.15) is 5.82 Å². The fourth-order valence-corrected chi connectivity index (χ4v) is 2.77. The van der Waals surface area contributed by atoms with Gasteiger partial charge < -0.3 is 0 Å². The lowest BCUT2D eigenvalue weighted by Gasteiger charge is -2.09. The van der Waals surface area contributed by atoms with E-state index in [0.29, 0.717) is 5.56 Å². The van der Waals surface area contributed by atoms with Crippen LogP contribution in [0.4, 0.5) is 4.39 Å². The molecule has 6 heteroatoms. The Morgan fingerprint density at radius 1 is 1.19 bits per heavy atom. The second-order valence-corrected chi connectivity index (χ2v) is 6.07. The highest BCUT2D eigenvalue weighted by Crippen LogP contribution is 2.22. The minimum atomic E-state index is -4.37. The first-order chi connectivity index (χ1) is 9.81. The lowest BCUT2D eigenvalue weighted by Crippen LogP contribution is -2.05. The van der Waals surface area contributed by atoms with Crippen LogP contribution in [0.3, 0.4) is 0 Å². The number of nitrogens with zero attached hydrogens (tertiary/aromatic N) is 1. The zero-order valence-electron chi connectivity index (χ0n) is 11.2. The zero-order valence-corrected chi connectivity index (χ0v) is 12.0. The first-order valence-electron chi connectivity index (χ1n) is 6.07. The predicted molar refractivity (Wildman–Crippen MR) is 74.9 cm³/mol. The highest BCUT2D eigenvalue weighted by atomic mass is 32.2. The lowest BCUT2D eigenvalue weighted by molar-refractivity contribution is 0.482. The van der Waals surface area contributed by atoms with Crippen LogP contribution in [0.5, 0.6) is 0 Å². The molecular formula is C15H12FNO3S. The van der Waals surface area contributed by atoms with E-state index in [4.69, 9.17) is 5.26 Å². The fraction of sp³-hybridized carbons (Fsp3) is 0.133. The highest BCUT2D eigenvalue weighted by Gasteiger charge is 2.17. The van der Waals surface area contributed by atoms with Gasteiger partial charge in [-0.3, -0.25) is 4.55 Å². The molecule has 2 aromatic rings. The molecule has 108 valence electrons. The van der Waals surface area contributed by atoms with Crippen molar-refractivity contribution in [3.8, 4) is 6.07 Å². The number of rotatable bonds is 3. The van der Waals surface area contributed by atoms with Gasteiger partial charge in [-0.25, -0.2) is 4.39 Å². The molecule has 0 fully saturated rings. The summed E-state index contributed by atoms with van der Waals surface area (Å²) in [6.45, 7) is 1.77. The molecule has 0 atom stereocenters. The van der Waals surface area contributed by atoms with Crippen molar-refractivity contribution in [2.75, 3.05) is 0 Å². The summed E-state index contributed by atoms with van der Waals surface area (Å²) in [6, 6.07) is 10.3. The summed E-state index contributed by atoms with van der Waals surface area (Å²) in [5.41, 5.74) is 1.55. The maximum absolute atomic E-state index is 13.9. The van der Waals surface area contributed by atoms with Crippen LogP contribution in [0.2, 0.25) is 0 Å². The van der Waals surface area contributed by atoms with E-state index in [1.54, 1.807) is 19.1 Å². The van der Waals surface area contributed by atoms with Gasteiger partial charge in [0.25, 0.3) is 10.1 Å².